The van der Waals surface area contributed by atoms with E-state index in [-0.39, 0.29) is 11.8 Å². The molecule has 0 heterocycles. The molecule has 3 nitrogen and oxygen atoms in total. The third kappa shape index (κ3) is 4.48. The summed E-state index contributed by atoms with van der Waals surface area (Å²) >= 11 is 3.54. The van der Waals surface area contributed by atoms with E-state index in [1.54, 1.807) is 0 Å². The summed E-state index contributed by atoms with van der Waals surface area (Å²) in [7, 11) is 0. The molecule has 0 aliphatic carbocycles. The summed E-state index contributed by atoms with van der Waals surface area (Å²) in [5, 5.41) is 11.7. The molecule has 0 aromatic heterocycles. The first-order valence-corrected chi connectivity index (χ1v) is 6.40. The lowest BCUT2D eigenvalue weighted by atomic mass is 9.84. The number of hydrogen-bond donors (Lipinski definition) is 2. The van der Waals surface area contributed by atoms with Crippen molar-refractivity contribution in [2.45, 2.75) is 25.7 Å². The zero-order chi connectivity index (χ0) is 12.9. The largest absolute Gasteiger partial charge is 0.481 e. The van der Waals surface area contributed by atoms with E-state index in [0.29, 0.717) is 6.54 Å². The summed E-state index contributed by atoms with van der Waals surface area (Å²) in [6, 6.07) is 8.11. The van der Waals surface area contributed by atoms with Crippen LogP contribution in [-0.2, 0) is 10.2 Å². The monoisotopic (exact) mass is 299 g/mol. The molecule has 0 radical (unpaired) electrons. The molecule has 2 N–H and O–H groups in total. The van der Waals surface area contributed by atoms with E-state index in [4.69, 9.17) is 5.11 Å². The minimum absolute atomic E-state index is 0.0292. The van der Waals surface area contributed by atoms with Gasteiger partial charge in [-0.2, -0.15) is 0 Å². The number of carboxylic acids is 1. The van der Waals surface area contributed by atoms with Crippen LogP contribution in [0.4, 0.5) is 0 Å². The normalized spacial score (nSPS) is 11.5. The van der Waals surface area contributed by atoms with E-state index >= 15 is 0 Å². The van der Waals surface area contributed by atoms with Gasteiger partial charge in [-0.15, -0.1) is 0 Å². The zero-order valence-corrected chi connectivity index (χ0v) is 11.8. The van der Waals surface area contributed by atoms with Crippen LogP contribution in [0.15, 0.2) is 28.7 Å². The summed E-state index contributed by atoms with van der Waals surface area (Å²) in [6.07, 6.45) is 0.159. The molecule has 4 heteroatoms. The Bertz CT molecular complexity index is 391. The Morgan fingerprint density at radius 3 is 2.65 bits per heavy atom. The molecular formula is C13H18BrNO2. The maximum Gasteiger partial charge on any atom is 0.304 e. The van der Waals surface area contributed by atoms with Crippen molar-refractivity contribution in [3.8, 4) is 0 Å². The first-order valence-electron chi connectivity index (χ1n) is 5.61. The number of rotatable bonds is 6. The molecule has 0 bridgehead atoms. The molecule has 1 aromatic rings. The molecule has 1 aromatic carbocycles. The Labute approximate surface area is 110 Å². The van der Waals surface area contributed by atoms with Gasteiger partial charge in [-0.25, -0.2) is 0 Å². The molecule has 0 atom stereocenters. The molecule has 0 saturated carbocycles. The fraction of sp³-hybridized carbons (Fsp3) is 0.462. The van der Waals surface area contributed by atoms with E-state index < -0.39 is 5.97 Å². The molecule has 17 heavy (non-hydrogen) atoms. The van der Waals surface area contributed by atoms with Crippen molar-refractivity contribution in [3.05, 3.63) is 34.3 Å². The molecule has 0 aliphatic rings. The Kier molecular flexibility index (Phi) is 5.15. The van der Waals surface area contributed by atoms with Crippen LogP contribution in [-0.4, -0.2) is 24.2 Å². The molecule has 0 aliphatic heterocycles. The molecule has 0 unspecified atom stereocenters. The van der Waals surface area contributed by atoms with Crippen molar-refractivity contribution in [3.63, 3.8) is 0 Å². The average molecular weight is 300 g/mol. The molecule has 94 valence electrons. The predicted molar refractivity (Wildman–Crippen MR) is 72.3 cm³/mol. The minimum atomic E-state index is -0.767. The quantitative estimate of drug-likeness (QED) is 0.794. The molecular weight excluding hydrogens is 282 g/mol. The van der Waals surface area contributed by atoms with Crippen LogP contribution in [0, 0.1) is 0 Å². The number of nitrogens with one attached hydrogen (secondary N) is 1. The van der Waals surface area contributed by atoms with E-state index in [0.717, 1.165) is 11.0 Å². The Morgan fingerprint density at radius 2 is 2.06 bits per heavy atom. The lowest BCUT2D eigenvalue weighted by Crippen LogP contribution is -2.34. The van der Waals surface area contributed by atoms with Gasteiger partial charge in [0, 0.05) is 23.0 Å². The second kappa shape index (κ2) is 6.17. The minimum Gasteiger partial charge on any atom is -0.481 e. The van der Waals surface area contributed by atoms with Gasteiger partial charge in [0.25, 0.3) is 0 Å². The topological polar surface area (TPSA) is 49.3 Å². The standard InChI is InChI=1S/C13H18BrNO2/c1-13(2,9-15-8-7-12(16)17)10-5-3-4-6-11(10)14/h3-6,15H,7-9H2,1-2H3,(H,16,17). The molecule has 0 saturated heterocycles. The highest BCUT2D eigenvalue weighted by Gasteiger charge is 2.22. The molecule has 0 fully saturated rings. The average Bonchev–Trinajstić information content (AvgIpc) is 2.24. The number of carboxylic acid groups (broad SMARTS) is 1. The first-order chi connectivity index (χ1) is 7.93. The SMILES string of the molecule is CC(C)(CNCCC(=O)O)c1ccccc1Br. The third-order valence-corrected chi connectivity index (χ3v) is 3.38. The number of aliphatic carboxylic acids is 1. The van der Waals surface area contributed by atoms with Gasteiger partial charge in [-0.1, -0.05) is 48.0 Å². The predicted octanol–water partition coefficient (Wildman–Crippen LogP) is 2.79. The van der Waals surface area contributed by atoms with Crippen LogP contribution in [0.5, 0.6) is 0 Å². The lowest BCUT2D eigenvalue weighted by Gasteiger charge is -2.26. The van der Waals surface area contributed by atoms with Crippen molar-refractivity contribution in [1.29, 1.82) is 0 Å². The van der Waals surface area contributed by atoms with Crippen LogP contribution in [0.3, 0.4) is 0 Å². The molecule has 1 rings (SSSR count). The van der Waals surface area contributed by atoms with Gasteiger partial charge in [-0.05, 0) is 11.6 Å². The van der Waals surface area contributed by atoms with Gasteiger partial charge in [0.2, 0.25) is 0 Å². The van der Waals surface area contributed by atoms with Crippen LogP contribution >= 0.6 is 15.9 Å². The summed E-state index contributed by atoms with van der Waals surface area (Å²) in [4.78, 5) is 10.4. The van der Waals surface area contributed by atoms with Crippen molar-refractivity contribution < 1.29 is 9.90 Å². The number of halogens is 1. The van der Waals surface area contributed by atoms with Gasteiger partial charge in [0.15, 0.2) is 0 Å². The van der Waals surface area contributed by atoms with Gasteiger partial charge >= 0.3 is 5.97 Å². The molecule has 0 amide bonds. The van der Waals surface area contributed by atoms with E-state index in [1.165, 1.54) is 5.56 Å². The fourth-order valence-corrected chi connectivity index (χ4v) is 2.52. The Morgan fingerprint density at radius 1 is 1.41 bits per heavy atom. The maximum absolute atomic E-state index is 10.4. The third-order valence-electron chi connectivity index (χ3n) is 2.69. The zero-order valence-electron chi connectivity index (χ0n) is 10.2. The lowest BCUT2D eigenvalue weighted by molar-refractivity contribution is -0.136. The Balaban J connectivity index is 2.57. The summed E-state index contributed by atoms with van der Waals surface area (Å²) in [5.41, 5.74) is 1.20. The van der Waals surface area contributed by atoms with E-state index in [2.05, 4.69) is 41.2 Å². The van der Waals surface area contributed by atoms with Crippen molar-refractivity contribution in [1.82, 2.24) is 5.32 Å². The van der Waals surface area contributed by atoms with Gasteiger partial charge in [0.05, 0.1) is 6.42 Å². The number of hydrogen-bond acceptors (Lipinski definition) is 2. The highest BCUT2D eigenvalue weighted by atomic mass is 79.9. The van der Waals surface area contributed by atoms with Crippen LogP contribution in [0.1, 0.15) is 25.8 Å². The van der Waals surface area contributed by atoms with Crippen molar-refractivity contribution in [2.24, 2.45) is 0 Å². The number of carbonyl (C=O) groups is 1. The van der Waals surface area contributed by atoms with Gasteiger partial charge < -0.3 is 10.4 Å². The van der Waals surface area contributed by atoms with Crippen molar-refractivity contribution in [2.75, 3.05) is 13.1 Å². The first kappa shape index (κ1) is 14.2. The second-order valence-corrected chi connectivity index (χ2v) is 5.54. The summed E-state index contributed by atoms with van der Waals surface area (Å²) < 4.78 is 1.09. The highest BCUT2D eigenvalue weighted by molar-refractivity contribution is 9.10. The highest BCUT2D eigenvalue weighted by Crippen LogP contribution is 2.29. The van der Waals surface area contributed by atoms with Gasteiger partial charge in [-0.3, -0.25) is 4.79 Å². The van der Waals surface area contributed by atoms with Crippen molar-refractivity contribution >= 4 is 21.9 Å². The Hall–Kier alpha value is -0.870. The van der Waals surface area contributed by atoms with E-state index in [1.807, 2.05) is 18.2 Å². The van der Waals surface area contributed by atoms with Crippen LogP contribution in [0.25, 0.3) is 0 Å². The smallest absolute Gasteiger partial charge is 0.304 e. The summed E-state index contributed by atoms with van der Waals surface area (Å²) in [6.45, 7) is 5.54. The maximum atomic E-state index is 10.4. The second-order valence-electron chi connectivity index (χ2n) is 4.68. The van der Waals surface area contributed by atoms with Crippen LogP contribution < -0.4 is 5.32 Å². The van der Waals surface area contributed by atoms with Gasteiger partial charge in [0.1, 0.15) is 0 Å². The summed E-state index contributed by atoms with van der Waals surface area (Å²) in [5.74, 6) is -0.767. The fourth-order valence-electron chi connectivity index (χ4n) is 1.70. The molecule has 0 spiro atoms. The van der Waals surface area contributed by atoms with E-state index in [9.17, 15) is 4.79 Å². The van der Waals surface area contributed by atoms with Crippen LogP contribution in [0.2, 0.25) is 0 Å². The number of benzene rings is 1.